The number of halogens is 1. The molecule has 4 rings (SSSR count). The summed E-state index contributed by atoms with van der Waals surface area (Å²) in [7, 11) is 1.71. The molecule has 32 heavy (non-hydrogen) atoms. The molecule has 2 heterocycles. The van der Waals surface area contributed by atoms with Crippen LogP contribution >= 0.6 is 11.6 Å². The Balaban J connectivity index is 1.62. The molecule has 1 aliphatic rings. The van der Waals surface area contributed by atoms with Crippen molar-refractivity contribution in [1.29, 1.82) is 0 Å². The van der Waals surface area contributed by atoms with Crippen LogP contribution in [0.3, 0.4) is 0 Å². The highest BCUT2D eigenvalue weighted by Crippen LogP contribution is 2.35. The van der Waals surface area contributed by atoms with Gasteiger partial charge in [0.2, 0.25) is 0 Å². The molecule has 1 N–H and O–H groups in total. The van der Waals surface area contributed by atoms with Crippen molar-refractivity contribution in [3.8, 4) is 5.75 Å². The molecule has 7 nitrogen and oxygen atoms in total. The Kier molecular flexibility index (Phi) is 6.04. The van der Waals surface area contributed by atoms with E-state index in [0.29, 0.717) is 28.7 Å². The van der Waals surface area contributed by atoms with Gasteiger partial charge in [-0.25, -0.2) is 9.67 Å². The Hall–Kier alpha value is -3.16. The van der Waals surface area contributed by atoms with E-state index in [1.54, 1.807) is 42.6 Å². The number of aromatic nitrogens is 3. The SMILES string of the molecule is CN1C(=O)[C@@H](n2ncnc2Cc2ccccc2)COc2ccc(/C=C(\Cl)C(C)(C)O)cc21. The number of fused-ring (bicyclic) bond motifs is 1. The lowest BCUT2D eigenvalue weighted by molar-refractivity contribution is -0.122. The molecule has 0 unspecified atom stereocenters. The van der Waals surface area contributed by atoms with Crippen molar-refractivity contribution < 1.29 is 14.6 Å². The molecule has 1 aliphatic heterocycles. The van der Waals surface area contributed by atoms with Gasteiger partial charge in [0.15, 0.2) is 6.04 Å². The highest BCUT2D eigenvalue weighted by atomic mass is 35.5. The molecule has 3 aromatic rings. The van der Waals surface area contributed by atoms with Crippen LogP contribution in [0.5, 0.6) is 5.75 Å². The Bertz CT molecular complexity index is 1150. The van der Waals surface area contributed by atoms with E-state index in [1.165, 1.54) is 6.33 Å². The summed E-state index contributed by atoms with van der Waals surface area (Å²) >= 11 is 6.23. The first-order valence-electron chi connectivity index (χ1n) is 10.3. The van der Waals surface area contributed by atoms with Gasteiger partial charge in [-0.2, -0.15) is 5.10 Å². The number of nitrogens with zero attached hydrogens (tertiary/aromatic N) is 4. The summed E-state index contributed by atoms with van der Waals surface area (Å²) in [5.74, 6) is 1.13. The Labute approximate surface area is 191 Å². The van der Waals surface area contributed by atoms with Crippen LogP contribution in [0.15, 0.2) is 59.9 Å². The molecule has 1 aromatic heterocycles. The lowest BCUT2D eigenvalue weighted by atomic mass is 10.1. The average molecular weight is 453 g/mol. The number of hydrogen-bond acceptors (Lipinski definition) is 5. The van der Waals surface area contributed by atoms with Gasteiger partial charge in [-0.1, -0.05) is 48.0 Å². The molecule has 0 fully saturated rings. The second-order valence-corrected chi connectivity index (χ2v) is 8.69. The van der Waals surface area contributed by atoms with E-state index in [1.807, 2.05) is 42.5 Å². The van der Waals surface area contributed by atoms with E-state index < -0.39 is 11.6 Å². The summed E-state index contributed by atoms with van der Waals surface area (Å²) in [5, 5.41) is 14.7. The molecule has 1 amide bonds. The fourth-order valence-corrected chi connectivity index (χ4v) is 3.65. The maximum atomic E-state index is 13.4. The van der Waals surface area contributed by atoms with Crippen molar-refractivity contribution in [2.24, 2.45) is 0 Å². The lowest BCUT2D eigenvalue weighted by Gasteiger charge is -2.21. The fourth-order valence-electron chi connectivity index (χ4n) is 3.53. The summed E-state index contributed by atoms with van der Waals surface area (Å²) in [6.07, 6.45) is 3.70. The maximum Gasteiger partial charge on any atom is 0.255 e. The molecule has 0 saturated carbocycles. The standard InChI is InChI=1S/C24H25ClN4O3/c1-24(2,31)21(25)12-17-9-10-20-18(11-17)28(3)23(30)19(14-32-20)29-22(26-15-27-29)13-16-7-5-4-6-8-16/h4-12,15,19,31H,13-14H2,1-3H3/b21-12-/t19-/m0/s1. The van der Waals surface area contributed by atoms with Crippen LogP contribution in [0.1, 0.15) is 36.8 Å². The molecule has 2 aromatic carbocycles. The van der Waals surface area contributed by atoms with Gasteiger partial charge in [-0.15, -0.1) is 0 Å². The van der Waals surface area contributed by atoms with Gasteiger partial charge in [0.25, 0.3) is 5.91 Å². The number of hydrogen-bond donors (Lipinski definition) is 1. The van der Waals surface area contributed by atoms with Crippen LogP contribution in [-0.2, 0) is 11.2 Å². The zero-order valence-corrected chi connectivity index (χ0v) is 19.0. The molecule has 0 spiro atoms. The van der Waals surface area contributed by atoms with Gasteiger partial charge < -0.3 is 14.7 Å². The second kappa shape index (κ2) is 8.76. The summed E-state index contributed by atoms with van der Waals surface area (Å²) in [6.45, 7) is 3.37. The second-order valence-electron chi connectivity index (χ2n) is 8.29. The summed E-state index contributed by atoms with van der Waals surface area (Å²) in [6, 6.07) is 14.7. The van der Waals surface area contributed by atoms with Crippen molar-refractivity contribution in [3.63, 3.8) is 0 Å². The summed E-state index contributed by atoms with van der Waals surface area (Å²) < 4.78 is 7.65. The zero-order chi connectivity index (χ0) is 22.9. The number of amides is 1. The largest absolute Gasteiger partial charge is 0.489 e. The molecular formula is C24H25ClN4O3. The molecular weight excluding hydrogens is 428 g/mol. The Morgan fingerprint density at radius 2 is 2.03 bits per heavy atom. The van der Waals surface area contributed by atoms with Crippen LogP contribution in [-0.4, -0.2) is 45.0 Å². The average Bonchev–Trinajstić information content (AvgIpc) is 3.17. The van der Waals surface area contributed by atoms with Crippen molar-refractivity contribution in [3.05, 3.63) is 76.8 Å². The number of carbonyl (C=O) groups is 1. The molecule has 0 radical (unpaired) electrons. The van der Waals surface area contributed by atoms with E-state index in [-0.39, 0.29) is 12.5 Å². The van der Waals surface area contributed by atoms with Gasteiger partial charge in [-0.3, -0.25) is 4.79 Å². The van der Waals surface area contributed by atoms with Crippen LogP contribution in [0, 0.1) is 0 Å². The zero-order valence-electron chi connectivity index (χ0n) is 18.2. The first kappa shape index (κ1) is 22.0. The van der Waals surface area contributed by atoms with Crippen LogP contribution < -0.4 is 9.64 Å². The number of likely N-dealkylation sites (N-methyl/N-ethyl adjacent to an activating group) is 1. The topological polar surface area (TPSA) is 80.5 Å². The number of benzene rings is 2. The molecule has 0 saturated heterocycles. The normalized spacial score (nSPS) is 17.0. The minimum absolute atomic E-state index is 0.140. The summed E-state index contributed by atoms with van der Waals surface area (Å²) in [5.41, 5.74) is 1.31. The quantitative estimate of drug-likeness (QED) is 0.636. The minimum atomic E-state index is -1.15. The third-order valence-electron chi connectivity index (χ3n) is 5.38. The van der Waals surface area contributed by atoms with Crippen LogP contribution in [0.2, 0.25) is 0 Å². The van der Waals surface area contributed by atoms with E-state index in [0.717, 1.165) is 11.1 Å². The highest BCUT2D eigenvalue weighted by Gasteiger charge is 2.33. The molecule has 0 bridgehead atoms. The van der Waals surface area contributed by atoms with E-state index in [9.17, 15) is 9.90 Å². The Morgan fingerprint density at radius 3 is 2.75 bits per heavy atom. The highest BCUT2D eigenvalue weighted by molar-refractivity contribution is 6.32. The predicted octanol–water partition coefficient (Wildman–Crippen LogP) is 3.82. The first-order chi connectivity index (χ1) is 15.2. The van der Waals surface area contributed by atoms with E-state index in [2.05, 4.69) is 10.1 Å². The van der Waals surface area contributed by atoms with Gasteiger partial charge in [0.1, 0.15) is 24.5 Å². The van der Waals surface area contributed by atoms with Crippen molar-refractivity contribution in [1.82, 2.24) is 14.8 Å². The van der Waals surface area contributed by atoms with Crippen LogP contribution in [0.4, 0.5) is 5.69 Å². The van der Waals surface area contributed by atoms with Gasteiger partial charge in [0.05, 0.1) is 11.3 Å². The van der Waals surface area contributed by atoms with Gasteiger partial charge in [0, 0.05) is 18.5 Å². The smallest absolute Gasteiger partial charge is 0.255 e. The van der Waals surface area contributed by atoms with Crippen molar-refractivity contribution in [2.45, 2.75) is 31.9 Å². The molecule has 0 aliphatic carbocycles. The number of aliphatic hydroxyl groups is 1. The minimum Gasteiger partial charge on any atom is -0.489 e. The van der Waals surface area contributed by atoms with Gasteiger partial charge >= 0.3 is 0 Å². The monoisotopic (exact) mass is 452 g/mol. The Morgan fingerprint density at radius 1 is 1.28 bits per heavy atom. The number of rotatable bonds is 5. The molecule has 1 atom stereocenters. The molecule has 8 heteroatoms. The number of ether oxygens (including phenoxy) is 1. The third kappa shape index (κ3) is 4.54. The molecule has 166 valence electrons. The van der Waals surface area contributed by atoms with Crippen molar-refractivity contribution >= 4 is 29.3 Å². The lowest BCUT2D eigenvalue weighted by Crippen LogP contribution is -2.36. The fraction of sp³-hybridized carbons (Fsp3) is 0.292. The van der Waals surface area contributed by atoms with E-state index in [4.69, 9.17) is 16.3 Å². The van der Waals surface area contributed by atoms with Crippen molar-refractivity contribution in [2.75, 3.05) is 18.6 Å². The van der Waals surface area contributed by atoms with Gasteiger partial charge in [-0.05, 0) is 43.2 Å². The predicted molar refractivity (Wildman–Crippen MR) is 124 cm³/mol. The summed E-state index contributed by atoms with van der Waals surface area (Å²) in [4.78, 5) is 19.3. The third-order valence-corrected chi connectivity index (χ3v) is 5.95. The maximum absolute atomic E-state index is 13.4. The first-order valence-corrected chi connectivity index (χ1v) is 10.7. The van der Waals surface area contributed by atoms with E-state index >= 15 is 0 Å². The number of anilines is 1. The number of carbonyl (C=O) groups excluding carboxylic acids is 1. The van der Waals surface area contributed by atoms with Crippen LogP contribution in [0.25, 0.3) is 6.08 Å².